The Hall–Kier alpha value is -1.64. The second-order valence-electron chi connectivity index (χ2n) is 8.79. The van der Waals surface area contributed by atoms with Crippen molar-refractivity contribution >= 4 is 23.6 Å². The van der Waals surface area contributed by atoms with Gasteiger partial charge in [-0.05, 0) is 40.0 Å². The fourth-order valence-corrected chi connectivity index (χ4v) is 3.90. The molecule has 0 spiro atoms. The quantitative estimate of drug-likeness (QED) is 0.722. The highest BCUT2D eigenvalue weighted by Gasteiger charge is 2.35. The maximum Gasteiger partial charge on any atom is 0.410 e. The summed E-state index contributed by atoms with van der Waals surface area (Å²) in [5, 5.41) is 9.84. The molecule has 1 atom stereocenters. The molecule has 1 aromatic rings. The average molecular weight is 427 g/mol. The number of aliphatic hydroxyl groups is 1. The molecule has 1 N–H and O–H groups in total. The van der Waals surface area contributed by atoms with Gasteiger partial charge in [0, 0.05) is 38.2 Å². The van der Waals surface area contributed by atoms with Crippen LogP contribution >= 0.6 is 11.6 Å². The number of ether oxygens (including phenoxy) is 2. The maximum atomic E-state index is 12.2. The molecule has 3 heterocycles. The largest absolute Gasteiger partial charge is 0.444 e. The zero-order chi connectivity index (χ0) is 21.2. The van der Waals surface area contributed by atoms with Crippen LogP contribution in [0.25, 0.3) is 0 Å². The first kappa shape index (κ1) is 22.1. The highest BCUT2D eigenvalue weighted by molar-refractivity contribution is 6.30. The molecule has 2 fully saturated rings. The van der Waals surface area contributed by atoms with Crippen LogP contribution in [-0.2, 0) is 22.3 Å². The number of carbonyl (C=O) groups is 1. The minimum Gasteiger partial charge on any atom is -0.444 e. The van der Waals surface area contributed by atoms with Crippen LogP contribution in [0.1, 0.15) is 39.0 Å². The number of likely N-dealkylation sites (tertiary alicyclic amines) is 1. The Labute approximate surface area is 177 Å². The lowest BCUT2D eigenvalue weighted by Crippen LogP contribution is -2.52. The number of amides is 1. The molecule has 0 radical (unpaired) electrons. The first-order valence-corrected chi connectivity index (χ1v) is 10.5. The van der Waals surface area contributed by atoms with E-state index >= 15 is 0 Å². The van der Waals surface area contributed by atoms with E-state index in [2.05, 4.69) is 16.8 Å². The number of carbonyl (C=O) groups excluding carboxylic acids is 1. The number of hydrogen-bond donors (Lipinski definition) is 1. The molecule has 0 aromatic carbocycles. The molecule has 162 valence electrons. The van der Waals surface area contributed by atoms with E-state index in [0.29, 0.717) is 56.8 Å². The first-order chi connectivity index (χ1) is 13.7. The molecular formula is C20H31ClN4O4. The van der Waals surface area contributed by atoms with Crippen LogP contribution < -0.4 is 4.90 Å². The number of aliphatic hydroxyl groups excluding tert-OH is 1. The normalized spacial score (nSPS) is 20.6. The lowest BCUT2D eigenvalue weighted by Gasteiger charge is -2.40. The minimum absolute atomic E-state index is 0.0158. The first-order valence-electron chi connectivity index (χ1n) is 10.2. The Kier molecular flexibility index (Phi) is 6.86. The third-order valence-electron chi connectivity index (χ3n) is 5.11. The van der Waals surface area contributed by atoms with Gasteiger partial charge in [0.15, 0.2) is 0 Å². The van der Waals surface area contributed by atoms with Crippen molar-refractivity contribution in [2.24, 2.45) is 5.92 Å². The van der Waals surface area contributed by atoms with Crippen molar-refractivity contribution in [3.63, 3.8) is 0 Å². The number of rotatable bonds is 5. The van der Waals surface area contributed by atoms with Crippen molar-refractivity contribution in [2.45, 2.75) is 52.2 Å². The molecule has 29 heavy (non-hydrogen) atoms. The summed E-state index contributed by atoms with van der Waals surface area (Å²) in [7, 11) is 0. The van der Waals surface area contributed by atoms with E-state index in [1.165, 1.54) is 0 Å². The predicted octanol–water partition coefficient (Wildman–Crippen LogP) is 2.30. The lowest BCUT2D eigenvalue weighted by atomic mass is 9.93. The zero-order valence-corrected chi connectivity index (χ0v) is 18.4. The lowest BCUT2D eigenvalue weighted by molar-refractivity contribution is -0.00103. The molecule has 9 heteroatoms. The standard InChI is InChI=1S/C20H31ClN4O4/c1-13-12-28-8-6-25(13)18-22-16(15(5-7-26)17(21)23-18)9-14-10-24(11-14)19(27)29-20(2,3)4/h13-14,26H,5-12H2,1-4H3/t13-/m0/s1. The van der Waals surface area contributed by atoms with Crippen LogP contribution in [0.15, 0.2) is 0 Å². The molecule has 0 unspecified atom stereocenters. The maximum absolute atomic E-state index is 12.2. The molecular weight excluding hydrogens is 396 g/mol. The van der Waals surface area contributed by atoms with Crippen LogP contribution in [0, 0.1) is 5.92 Å². The Bertz CT molecular complexity index is 734. The number of hydrogen-bond acceptors (Lipinski definition) is 7. The van der Waals surface area contributed by atoms with Crippen molar-refractivity contribution in [3.8, 4) is 0 Å². The number of morpholine rings is 1. The van der Waals surface area contributed by atoms with Crippen LogP contribution in [0.5, 0.6) is 0 Å². The van der Waals surface area contributed by atoms with E-state index in [-0.39, 0.29) is 24.7 Å². The van der Waals surface area contributed by atoms with Crippen LogP contribution in [0.2, 0.25) is 5.15 Å². The molecule has 0 saturated carbocycles. The van der Waals surface area contributed by atoms with Gasteiger partial charge in [0.1, 0.15) is 10.8 Å². The third-order valence-corrected chi connectivity index (χ3v) is 5.42. The van der Waals surface area contributed by atoms with Gasteiger partial charge < -0.3 is 24.4 Å². The van der Waals surface area contributed by atoms with Gasteiger partial charge in [0.05, 0.1) is 24.9 Å². The van der Waals surface area contributed by atoms with Gasteiger partial charge in [-0.15, -0.1) is 0 Å². The summed E-state index contributed by atoms with van der Waals surface area (Å²) in [5.41, 5.74) is 1.14. The fraction of sp³-hybridized carbons (Fsp3) is 0.750. The Balaban J connectivity index is 1.71. The number of halogens is 1. The van der Waals surface area contributed by atoms with Crippen molar-refractivity contribution in [1.29, 1.82) is 0 Å². The van der Waals surface area contributed by atoms with E-state index in [1.807, 2.05) is 20.8 Å². The van der Waals surface area contributed by atoms with Gasteiger partial charge in [-0.25, -0.2) is 14.8 Å². The van der Waals surface area contributed by atoms with E-state index in [4.69, 9.17) is 26.1 Å². The summed E-state index contributed by atoms with van der Waals surface area (Å²) in [6.45, 7) is 10.9. The van der Waals surface area contributed by atoms with Gasteiger partial charge in [0.2, 0.25) is 5.95 Å². The van der Waals surface area contributed by atoms with Crippen LogP contribution in [-0.4, -0.2) is 77.2 Å². The van der Waals surface area contributed by atoms with Gasteiger partial charge >= 0.3 is 6.09 Å². The second kappa shape index (κ2) is 9.02. The summed E-state index contributed by atoms with van der Waals surface area (Å²) in [6.07, 6.45) is 0.811. The average Bonchev–Trinajstić information content (AvgIpc) is 2.59. The topological polar surface area (TPSA) is 88.0 Å². The van der Waals surface area contributed by atoms with Crippen molar-refractivity contribution in [2.75, 3.05) is 44.4 Å². The predicted molar refractivity (Wildman–Crippen MR) is 110 cm³/mol. The molecule has 2 aliphatic heterocycles. The number of aromatic nitrogens is 2. The van der Waals surface area contributed by atoms with Gasteiger partial charge in [-0.3, -0.25) is 0 Å². The van der Waals surface area contributed by atoms with Gasteiger partial charge in [-0.1, -0.05) is 11.6 Å². The highest BCUT2D eigenvalue weighted by Crippen LogP contribution is 2.28. The zero-order valence-electron chi connectivity index (χ0n) is 17.7. The van der Waals surface area contributed by atoms with Gasteiger partial charge in [0.25, 0.3) is 0 Å². The summed E-state index contributed by atoms with van der Waals surface area (Å²) in [6, 6.07) is 0.169. The molecule has 1 amide bonds. The number of anilines is 1. The van der Waals surface area contributed by atoms with E-state index in [1.54, 1.807) is 4.90 Å². The second-order valence-corrected chi connectivity index (χ2v) is 9.14. The van der Waals surface area contributed by atoms with Gasteiger partial charge in [-0.2, -0.15) is 0 Å². The van der Waals surface area contributed by atoms with Crippen LogP contribution in [0.3, 0.4) is 0 Å². The molecule has 8 nitrogen and oxygen atoms in total. The van der Waals surface area contributed by atoms with Crippen molar-refractivity contribution in [3.05, 3.63) is 16.4 Å². The van der Waals surface area contributed by atoms with E-state index in [0.717, 1.165) is 11.3 Å². The third kappa shape index (κ3) is 5.49. The fourth-order valence-electron chi connectivity index (χ4n) is 3.62. The van der Waals surface area contributed by atoms with Crippen LogP contribution in [0.4, 0.5) is 10.7 Å². The SMILES string of the molecule is C[C@H]1COCCN1c1nc(Cl)c(CCO)c(CC2CN(C(=O)OC(C)(C)C)C2)n1. The Morgan fingerprint density at radius 2 is 2.07 bits per heavy atom. The number of nitrogens with zero attached hydrogens (tertiary/aromatic N) is 4. The molecule has 3 rings (SSSR count). The molecule has 1 aromatic heterocycles. The summed E-state index contributed by atoms with van der Waals surface area (Å²) < 4.78 is 10.9. The Morgan fingerprint density at radius 3 is 2.69 bits per heavy atom. The molecule has 2 saturated heterocycles. The summed E-state index contributed by atoms with van der Waals surface area (Å²) in [5.74, 6) is 0.881. The monoisotopic (exact) mass is 426 g/mol. The smallest absolute Gasteiger partial charge is 0.410 e. The van der Waals surface area contributed by atoms with E-state index < -0.39 is 5.60 Å². The van der Waals surface area contributed by atoms with E-state index in [9.17, 15) is 9.90 Å². The molecule has 0 bridgehead atoms. The minimum atomic E-state index is -0.500. The molecule has 2 aliphatic rings. The van der Waals surface area contributed by atoms with Crippen molar-refractivity contribution < 1.29 is 19.4 Å². The summed E-state index contributed by atoms with van der Waals surface area (Å²) >= 11 is 6.47. The van der Waals surface area contributed by atoms with Crippen molar-refractivity contribution in [1.82, 2.24) is 14.9 Å². The summed E-state index contributed by atoms with van der Waals surface area (Å²) in [4.78, 5) is 25.3. The molecule has 0 aliphatic carbocycles. The Morgan fingerprint density at radius 1 is 1.34 bits per heavy atom. The highest BCUT2D eigenvalue weighted by atomic mass is 35.5.